The molecule has 8 heteroatoms. The molecule has 0 aliphatic heterocycles. The monoisotopic (exact) mass is 496 g/mol. The Morgan fingerprint density at radius 2 is 1.90 bits per heavy atom. The summed E-state index contributed by atoms with van der Waals surface area (Å²) in [6, 6.07) is 15.5. The lowest BCUT2D eigenvalue weighted by molar-refractivity contribution is 0.326. The number of thioether (sulfide) groups is 1. The van der Waals surface area contributed by atoms with Crippen LogP contribution < -0.4 is 5.56 Å². The van der Waals surface area contributed by atoms with Gasteiger partial charge >= 0.3 is 0 Å². The van der Waals surface area contributed by atoms with E-state index in [1.807, 2.05) is 53.1 Å². The highest BCUT2D eigenvalue weighted by Crippen LogP contribution is 2.32. The molecule has 2 aromatic carbocycles. The van der Waals surface area contributed by atoms with Gasteiger partial charge in [0, 0.05) is 16.1 Å². The third-order valence-electron chi connectivity index (χ3n) is 5.58. The normalized spacial score (nSPS) is 14.9. The van der Waals surface area contributed by atoms with E-state index in [-0.39, 0.29) is 11.6 Å². The van der Waals surface area contributed by atoms with Gasteiger partial charge in [-0.25, -0.2) is 4.98 Å². The summed E-state index contributed by atoms with van der Waals surface area (Å²) < 4.78 is 8.73. The van der Waals surface area contributed by atoms with Gasteiger partial charge in [0.2, 0.25) is 11.8 Å². The number of nitrogens with zero attached hydrogens (tertiary/aromatic N) is 4. The van der Waals surface area contributed by atoms with Crippen molar-refractivity contribution in [3.8, 4) is 11.5 Å². The molecule has 0 amide bonds. The molecule has 158 valence electrons. The number of para-hydroxylation sites is 1. The first-order valence-corrected chi connectivity index (χ1v) is 12.2. The average molecular weight is 497 g/mol. The van der Waals surface area contributed by atoms with Crippen LogP contribution in [0.1, 0.15) is 44.0 Å². The molecule has 0 radical (unpaired) electrons. The van der Waals surface area contributed by atoms with Gasteiger partial charge < -0.3 is 4.42 Å². The van der Waals surface area contributed by atoms with Gasteiger partial charge in [-0.15, -0.1) is 10.2 Å². The summed E-state index contributed by atoms with van der Waals surface area (Å²) in [5.74, 6) is 1.45. The van der Waals surface area contributed by atoms with Gasteiger partial charge in [0.1, 0.15) is 0 Å². The van der Waals surface area contributed by atoms with Gasteiger partial charge in [-0.1, -0.05) is 65.2 Å². The van der Waals surface area contributed by atoms with Crippen LogP contribution in [0.2, 0.25) is 0 Å². The zero-order chi connectivity index (χ0) is 21.2. The largest absolute Gasteiger partial charge is 0.420 e. The Bertz CT molecular complexity index is 1280. The highest BCUT2D eigenvalue weighted by atomic mass is 79.9. The maximum Gasteiger partial charge on any atom is 0.262 e. The molecule has 31 heavy (non-hydrogen) atoms. The Morgan fingerprint density at radius 3 is 2.74 bits per heavy atom. The van der Waals surface area contributed by atoms with E-state index in [2.05, 4.69) is 26.1 Å². The lowest BCUT2D eigenvalue weighted by Crippen LogP contribution is -2.29. The minimum Gasteiger partial charge on any atom is -0.420 e. The first-order valence-electron chi connectivity index (χ1n) is 10.4. The van der Waals surface area contributed by atoms with Crippen LogP contribution in [0.3, 0.4) is 0 Å². The summed E-state index contributed by atoms with van der Waals surface area (Å²) in [6.07, 6.45) is 5.55. The predicted molar refractivity (Wildman–Crippen MR) is 125 cm³/mol. The van der Waals surface area contributed by atoms with Crippen LogP contribution in [-0.4, -0.2) is 19.7 Å². The topological polar surface area (TPSA) is 73.8 Å². The van der Waals surface area contributed by atoms with Crippen molar-refractivity contribution < 1.29 is 4.42 Å². The standard InChI is InChI=1S/C23H21BrN4O2S/c24-16-8-6-7-15(13-16)21-27-26-20(30-21)14-31-23-25-19-12-5-4-11-18(19)22(29)28(23)17-9-2-1-3-10-17/h4-8,11-13,17H,1-3,9-10,14H2. The van der Waals surface area contributed by atoms with Gasteiger partial charge in [0.25, 0.3) is 5.56 Å². The number of benzene rings is 2. The van der Waals surface area contributed by atoms with Crippen LogP contribution in [-0.2, 0) is 5.75 Å². The molecule has 1 saturated carbocycles. The maximum absolute atomic E-state index is 13.3. The van der Waals surface area contributed by atoms with Crippen LogP contribution in [0.5, 0.6) is 0 Å². The van der Waals surface area contributed by atoms with E-state index in [0.29, 0.717) is 22.9 Å². The molecule has 2 aromatic heterocycles. The van der Waals surface area contributed by atoms with E-state index < -0.39 is 0 Å². The van der Waals surface area contributed by atoms with Crippen molar-refractivity contribution in [3.63, 3.8) is 0 Å². The van der Waals surface area contributed by atoms with Crippen molar-refractivity contribution in [2.75, 3.05) is 0 Å². The Morgan fingerprint density at radius 1 is 1.06 bits per heavy atom. The Balaban J connectivity index is 1.45. The third-order valence-corrected chi connectivity index (χ3v) is 7.01. The van der Waals surface area contributed by atoms with Crippen molar-refractivity contribution in [1.82, 2.24) is 19.7 Å². The third kappa shape index (κ3) is 4.32. The molecule has 6 nitrogen and oxygen atoms in total. The van der Waals surface area contributed by atoms with Crippen LogP contribution in [0, 0.1) is 0 Å². The minimum absolute atomic E-state index is 0.0420. The van der Waals surface area contributed by atoms with E-state index in [0.717, 1.165) is 46.4 Å². The number of aromatic nitrogens is 4. The number of fused-ring (bicyclic) bond motifs is 1. The molecule has 0 saturated heterocycles. The number of hydrogen-bond donors (Lipinski definition) is 0. The summed E-state index contributed by atoms with van der Waals surface area (Å²) in [5.41, 5.74) is 1.63. The molecule has 5 rings (SSSR count). The molecule has 0 atom stereocenters. The molecular formula is C23H21BrN4O2S. The maximum atomic E-state index is 13.3. The van der Waals surface area contributed by atoms with Crippen molar-refractivity contribution in [2.45, 2.75) is 49.1 Å². The van der Waals surface area contributed by atoms with Crippen molar-refractivity contribution in [2.24, 2.45) is 0 Å². The lowest BCUT2D eigenvalue weighted by Gasteiger charge is -2.26. The summed E-state index contributed by atoms with van der Waals surface area (Å²) in [5, 5.41) is 9.77. The van der Waals surface area contributed by atoms with Crippen LogP contribution in [0.25, 0.3) is 22.4 Å². The van der Waals surface area contributed by atoms with Crippen molar-refractivity contribution in [3.05, 3.63) is 69.2 Å². The smallest absolute Gasteiger partial charge is 0.262 e. The Labute approximate surface area is 192 Å². The number of rotatable bonds is 5. The first kappa shape index (κ1) is 20.5. The molecule has 1 aliphatic rings. The second kappa shape index (κ2) is 8.96. The fraction of sp³-hybridized carbons (Fsp3) is 0.304. The molecule has 2 heterocycles. The van der Waals surface area contributed by atoms with Gasteiger partial charge in [0.05, 0.1) is 16.7 Å². The van der Waals surface area contributed by atoms with E-state index in [9.17, 15) is 4.79 Å². The zero-order valence-corrected chi connectivity index (χ0v) is 19.2. The summed E-state index contributed by atoms with van der Waals surface area (Å²) in [6.45, 7) is 0. The molecular weight excluding hydrogens is 476 g/mol. The second-order valence-corrected chi connectivity index (χ2v) is 9.54. The molecule has 0 N–H and O–H groups in total. The highest BCUT2D eigenvalue weighted by Gasteiger charge is 2.22. The molecule has 1 fully saturated rings. The van der Waals surface area contributed by atoms with Crippen LogP contribution in [0.15, 0.2) is 67.4 Å². The zero-order valence-electron chi connectivity index (χ0n) is 16.8. The van der Waals surface area contributed by atoms with Crippen LogP contribution >= 0.6 is 27.7 Å². The molecule has 4 aromatic rings. The average Bonchev–Trinajstić information content (AvgIpc) is 3.28. The number of halogens is 1. The minimum atomic E-state index is 0.0420. The van der Waals surface area contributed by atoms with Gasteiger partial charge in [-0.2, -0.15) is 0 Å². The Kier molecular flexibility index (Phi) is 5.91. The van der Waals surface area contributed by atoms with Crippen LogP contribution in [0.4, 0.5) is 0 Å². The van der Waals surface area contributed by atoms with Crippen molar-refractivity contribution >= 4 is 38.6 Å². The van der Waals surface area contributed by atoms with Crippen molar-refractivity contribution in [1.29, 1.82) is 0 Å². The highest BCUT2D eigenvalue weighted by molar-refractivity contribution is 9.10. The predicted octanol–water partition coefficient (Wildman–Crippen LogP) is 6.01. The molecule has 0 spiro atoms. The number of hydrogen-bond acceptors (Lipinski definition) is 6. The van der Waals surface area contributed by atoms with Gasteiger partial charge in [-0.05, 0) is 43.2 Å². The van der Waals surface area contributed by atoms with E-state index in [1.54, 1.807) is 0 Å². The van der Waals surface area contributed by atoms with Gasteiger partial charge in [0.15, 0.2) is 5.16 Å². The SMILES string of the molecule is O=c1c2ccccc2nc(SCc2nnc(-c3cccc(Br)c3)o2)n1C1CCCCC1. The fourth-order valence-corrected chi connectivity index (χ4v) is 5.37. The molecule has 0 bridgehead atoms. The fourth-order valence-electron chi connectivity index (χ4n) is 4.06. The van der Waals surface area contributed by atoms with E-state index in [1.165, 1.54) is 18.2 Å². The summed E-state index contributed by atoms with van der Waals surface area (Å²) in [4.78, 5) is 18.2. The van der Waals surface area contributed by atoms with E-state index in [4.69, 9.17) is 9.40 Å². The lowest BCUT2D eigenvalue weighted by atomic mass is 9.95. The summed E-state index contributed by atoms with van der Waals surface area (Å²) in [7, 11) is 0. The molecule has 0 unspecified atom stereocenters. The van der Waals surface area contributed by atoms with Gasteiger partial charge in [-0.3, -0.25) is 9.36 Å². The quantitative estimate of drug-likeness (QED) is 0.249. The summed E-state index contributed by atoms with van der Waals surface area (Å²) >= 11 is 4.95. The Hall–Kier alpha value is -2.45. The molecule has 1 aliphatic carbocycles. The first-order chi connectivity index (χ1) is 15.2. The second-order valence-electron chi connectivity index (χ2n) is 7.68. The van der Waals surface area contributed by atoms with E-state index >= 15 is 0 Å².